The lowest BCUT2D eigenvalue weighted by atomic mass is 10.2. The number of rotatable bonds is 6. The van der Waals surface area contributed by atoms with Gasteiger partial charge < -0.3 is 9.53 Å². The van der Waals surface area contributed by atoms with E-state index in [9.17, 15) is 9.59 Å². The molecule has 0 aromatic carbocycles. The summed E-state index contributed by atoms with van der Waals surface area (Å²) in [7, 11) is 0. The lowest BCUT2D eigenvalue weighted by Gasteiger charge is -1.96. The summed E-state index contributed by atoms with van der Waals surface area (Å²) in [4.78, 5) is 20.4. The van der Waals surface area contributed by atoms with E-state index in [2.05, 4.69) is 17.9 Å². The highest BCUT2D eigenvalue weighted by atomic mass is 16.5. The zero-order valence-corrected chi connectivity index (χ0v) is 7.54. The molecule has 12 heavy (non-hydrogen) atoms. The van der Waals surface area contributed by atoms with Crippen molar-refractivity contribution in [3.05, 3.63) is 13.2 Å². The Balaban J connectivity index is 0. The molecule has 0 bridgehead atoms. The third kappa shape index (κ3) is 11.8. The number of ketones is 1. The second-order valence-corrected chi connectivity index (χ2v) is 1.97. The van der Waals surface area contributed by atoms with Gasteiger partial charge in [-0.1, -0.05) is 6.92 Å². The number of hydrogen-bond donors (Lipinski definition) is 0. The van der Waals surface area contributed by atoms with Crippen molar-refractivity contribution in [3.8, 4) is 0 Å². The monoisotopic (exact) mass is 172 g/mol. The first kappa shape index (κ1) is 13.6. The lowest BCUT2D eigenvalue weighted by molar-refractivity contribution is -0.125. The fraction of sp³-hybridized carbons (Fsp3) is 0.556. The van der Waals surface area contributed by atoms with Gasteiger partial charge in [-0.15, -0.1) is 13.2 Å². The van der Waals surface area contributed by atoms with Gasteiger partial charge in [0, 0.05) is 6.42 Å². The summed E-state index contributed by atoms with van der Waals surface area (Å²) in [5.74, 6) is 0.0596. The van der Waals surface area contributed by atoms with Gasteiger partial charge in [0.2, 0.25) is 0 Å². The van der Waals surface area contributed by atoms with Gasteiger partial charge in [0.1, 0.15) is 19.5 Å². The van der Waals surface area contributed by atoms with Gasteiger partial charge in [0.25, 0.3) is 0 Å². The van der Waals surface area contributed by atoms with Crippen LogP contribution in [0, 0.1) is 0 Å². The van der Waals surface area contributed by atoms with Crippen molar-refractivity contribution < 1.29 is 14.3 Å². The zero-order chi connectivity index (χ0) is 9.82. The van der Waals surface area contributed by atoms with Crippen LogP contribution in [0.15, 0.2) is 13.2 Å². The number of ether oxygens (including phenoxy) is 1. The maximum atomic E-state index is 10.7. The van der Waals surface area contributed by atoms with Crippen LogP contribution in [0.5, 0.6) is 0 Å². The number of Topliss-reactive ketones (excluding diaryl/α,β-unsaturated/α-hetero) is 1. The third-order valence-electron chi connectivity index (χ3n) is 0.978. The Hall–Kier alpha value is -0.960. The van der Waals surface area contributed by atoms with Gasteiger partial charge in [-0.05, 0) is 6.42 Å². The molecule has 0 fully saturated rings. The molecule has 3 nitrogen and oxygen atoms in total. The maximum Gasteiger partial charge on any atom is 0.158 e. The van der Waals surface area contributed by atoms with Gasteiger partial charge >= 0.3 is 0 Å². The number of aldehydes is 1. The van der Waals surface area contributed by atoms with Crippen molar-refractivity contribution in [2.45, 2.75) is 19.8 Å². The fourth-order valence-electron chi connectivity index (χ4n) is 0.572. The van der Waals surface area contributed by atoms with Crippen LogP contribution in [0.4, 0.5) is 0 Å². The molecular weight excluding hydrogens is 156 g/mol. The highest BCUT2D eigenvalue weighted by Crippen LogP contribution is 1.88. The first-order chi connectivity index (χ1) is 5.81. The standard InChI is InChI=1S/C7H12O3.C2H4/c1-2-3-7(9)6-10-5-4-8;1-2/h4H,2-3,5-6H2,1H3;1-2H2. The number of hydrogen-bond acceptors (Lipinski definition) is 3. The molecule has 0 saturated carbocycles. The summed E-state index contributed by atoms with van der Waals surface area (Å²) in [6, 6.07) is 0. The smallest absolute Gasteiger partial charge is 0.158 e. The molecule has 0 atom stereocenters. The molecule has 70 valence electrons. The van der Waals surface area contributed by atoms with Gasteiger partial charge in [-0.25, -0.2) is 0 Å². The quantitative estimate of drug-likeness (QED) is 0.345. The number of carbonyl (C=O) groups is 2. The van der Waals surface area contributed by atoms with Gasteiger partial charge in [0.15, 0.2) is 5.78 Å². The summed E-state index contributed by atoms with van der Waals surface area (Å²) in [6.45, 7) is 8.03. The molecule has 0 radical (unpaired) electrons. The largest absolute Gasteiger partial charge is 0.366 e. The van der Waals surface area contributed by atoms with Crippen LogP contribution in [-0.2, 0) is 14.3 Å². The Labute approximate surface area is 73.4 Å². The second-order valence-electron chi connectivity index (χ2n) is 1.97. The summed E-state index contributed by atoms with van der Waals surface area (Å²) in [5, 5.41) is 0. The van der Waals surface area contributed by atoms with Crippen molar-refractivity contribution in [1.82, 2.24) is 0 Å². The normalized spacial score (nSPS) is 8.08. The Morgan fingerprint density at radius 1 is 1.50 bits per heavy atom. The molecule has 0 saturated heterocycles. The van der Waals surface area contributed by atoms with Crippen LogP contribution in [0.25, 0.3) is 0 Å². The van der Waals surface area contributed by atoms with E-state index in [4.69, 9.17) is 0 Å². The van der Waals surface area contributed by atoms with Crippen LogP contribution < -0.4 is 0 Å². The summed E-state index contributed by atoms with van der Waals surface area (Å²) < 4.78 is 4.68. The minimum Gasteiger partial charge on any atom is -0.366 e. The molecule has 0 rings (SSSR count). The summed E-state index contributed by atoms with van der Waals surface area (Å²) >= 11 is 0. The Kier molecular flexibility index (Phi) is 14.4. The molecular formula is C9H16O3. The zero-order valence-electron chi connectivity index (χ0n) is 7.54. The van der Waals surface area contributed by atoms with E-state index in [1.807, 2.05) is 6.92 Å². The SMILES string of the molecule is C=C.CCCC(=O)COCC=O. The van der Waals surface area contributed by atoms with E-state index in [0.29, 0.717) is 12.7 Å². The van der Waals surface area contributed by atoms with Crippen LogP contribution in [0.2, 0.25) is 0 Å². The van der Waals surface area contributed by atoms with Crippen molar-refractivity contribution in [2.75, 3.05) is 13.2 Å². The van der Waals surface area contributed by atoms with Gasteiger partial charge in [0.05, 0.1) is 0 Å². The van der Waals surface area contributed by atoms with E-state index >= 15 is 0 Å². The van der Waals surface area contributed by atoms with E-state index in [-0.39, 0.29) is 19.0 Å². The predicted octanol–water partition coefficient (Wildman–Crippen LogP) is 1.37. The maximum absolute atomic E-state index is 10.7. The van der Waals surface area contributed by atoms with Gasteiger partial charge in [-0.3, -0.25) is 4.79 Å². The van der Waals surface area contributed by atoms with Crippen molar-refractivity contribution in [1.29, 1.82) is 0 Å². The van der Waals surface area contributed by atoms with Crippen LogP contribution >= 0.6 is 0 Å². The Morgan fingerprint density at radius 3 is 2.50 bits per heavy atom. The lowest BCUT2D eigenvalue weighted by Crippen LogP contribution is -2.08. The molecule has 0 N–H and O–H groups in total. The minimum absolute atomic E-state index is 0.0233. The van der Waals surface area contributed by atoms with Crippen LogP contribution in [-0.4, -0.2) is 25.3 Å². The van der Waals surface area contributed by atoms with Crippen molar-refractivity contribution >= 4 is 12.1 Å². The topological polar surface area (TPSA) is 43.4 Å². The van der Waals surface area contributed by atoms with Gasteiger partial charge in [-0.2, -0.15) is 0 Å². The van der Waals surface area contributed by atoms with Crippen molar-refractivity contribution in [2.24, 2.45) is 0 Å². The molecule has 0 heterocycles. The molecule has 0 aliphatic carbocycles. The third-order valence-corrected chi connectivity index (χ3v) is 0.978. The molecule has 0 spiro atoms. The average Bonchev–Trinajstić information content (AvgIpc) is 2.09. The summed E-state index contributed by atoms with van der Waals surface area (Å²) in [6.07, 6.45) is 2.02. The summed E-state index contributed by atoms with van der Waals surface area (Å²) in [5.41, 5.74) is 0. The van der Waals surface area contributed by atoms with Crippen LogP contribution in [0.3, 0.4) is 0 Å². The molecule has 0 aromatic heterocycles. The molecule has 0 unspecified atom stereocenters. The van der Waals surface area contributed by atoms with E-state index in [1.54, 1.807) is 0 Å². The highest BCUT2D eigenvalue weighted by Gasteiger charge is 1.97. The van der Waals surface area contributed by atoms with Crippen LogP contribution in [0.1, 0.15) is 19.8 Å². The molecule has 0 aliphatic rings. The fourth-order valence-corrected chi connectivity index (χ4v) is 0.572. The first-order valence-corrected chi connectivity index (χ1v) is 3.84. The number of carbonyl (C=O) groups excluding carboxylic acids is 2. The highest BCUT2D eigenvalue weighted by molar-refractivity contribution is 5.79. The van der Waals surface area contributed by atoms with E-state index in [1.165, 1.54) is 0 Å². The molecule has 0 amide bonds. The average molecular weight is 172 g/mol. The first-order valence-electron chi connectivity index (χ1n) is 3.84. The minimum atomic E-state index is 0.0233. The second kappa shape index (κ2) is 12.7. The predicted molar refractivity (Wildman–Crippen MR) is 48.1 cm³/mol. The Bertz CT molecular complexity index is 121. The van der Waals surface area contributed by atoms with E-state index < -0.39 is 0 Å². The van der Waals surface area contributed by atoms with Crippen molar-refractivity contribution in [3.63, 3.8) is 0 Å². The Morgan fingerprint density at radius 2 is 2.08 bits per heavy atom. The molecule has 0 aromatic rings. The molecule has 3 heteroatoms. The van der Waals surface area contributed by atoms with E-state index in [0.717, 1.165) is 6.42 Å². The molecule has 0 aliphatic heterocycles.